The van der Waals surface area contributed by atoms with Gasteiger partial charge in [-0.05, 0) is 51.9 Å². The molecular formula is C15H13BrINO2. The van der Waals surface area contributed by atoms with Crippen LogP contribution in [0.3, 0.4) is 0 Å². The summed E-state index contributed by atoms with van der Waals surface area (Å²) in [5.74, 6) is -0.0683. The second-order valence-electron chi connectivity index (χ2n) is 4.30. The van der Waals surface area contributed by atoms with Gasteiger partial charge in [-0.3, -0.25) is 4.79 Å². The van der Waals surface area contributed by atoms with Crippen molar-refractivity contribution in [1.29, 1.82) is 0 Å². The van der Waals surface area contributed by atoms with Crippen LogP contribution in [0.1, 0.15) is 21.5 Å². The van der Waals surface area contributed by atoms with Crippen molar-refractivity contribution >= 4 is 44.4 Å². The Morgan fingerprint density at radius 2 is 1.80 bits per heavy atom. The molecule has 0 aliphatic carbocycles. The molecule has 3 nitrogen and oxygen atoms in total. The second kappa shape index (κ2) is 7.08. The molecule has 104 valence electrons. The molecule has 0 atom stereocenters. The van der Waals surface area contributed by atoms with E-state index in [1.165, 1.54) is 11.6 Å². The van der Waals surface area contributed by atoms with Gasteiger partial charge in [0, 0.05) is 17.4 Å². The Balaban J connectivity index is 1.98. The molecule has 1 amide bonds. The Kier molecular flexibility index (Phi) is 5.42. The molecule has 0 aliphatic heterocycles. The van der Waals surface area contributed by atoms with Gasteiger partial charge in [-0.15, -0.1) is 0 Å². The molecule has 0 heterocycles. The number of amides is 1. The lowest BCUT2D eigenvalue weighted by Crippen LogP contribution is -2.22. The monoisotopic (exact) mass is 445 g/mol. The minimum atomic E-state index is -0.193. The van der Waals surface area contributed by atoms with E-state index in [-0.39, 0.29) is 11.7 Å². The van der Waals surface area contributed by atoms with E-state index in [1.54, 1.807) is 12.1 Å². The van der Waals surface area contributed by atoms with Gasteiger partial charge in [0.25, 0.3) is 5.91 Å². The van der Waals surface area contributed by atoms with Crippen molar-refractivity contribution in [2.45, 2.75) is 11.9 Å². The number of nitrogens with one attached hydrogen (secondary N) is 1. The minimum absolute atomic E-state index is 0.125. The molecule has 5 heteroatoms. The van der Waals surface area contributed by atoms with Crippen molar-refractivity contribution in [2.75, 3.05) is 0 Å². The smallest absolute Gasteiger partial charge is 0.251 e. The minimum Gasteiger partial charge on any atom is -0.507 e. The third-order valence-corrected chi connectivity index (χ3v) is 4.40. The molecule has 0 radical (unpaired) electrons. The average molecular weight is 446 g/mol. The van der Waals surface area contributed by atoms with Crippen molar-refractivity contribution < 1.29 is 9.90 Å². The summed E-state index contributed by atoms with van der Waals surface area (Å²) in [4.78, 5) is 12.0. The topological polar surface area (TPSA) is 49.3 Å². The molecule has 2 N–H and O–H groups in total. The van der Waals surface area contributed by atoms with Gasteiger partial charge < -0.3 is 10.4 Å². The number of rotatable bonds is 4. The number of aromatic hydroxyl groups is 1. The molecule has 0 bridgehead atoms. The van der Waals surface area contributed by atoms with Crippen LogP contribution in [0, 0.1) is 3.57 Å². The Hall–Kier alpha value is -1.08. The fraction of sp³-hybridized carbons (Fsp3) is 0.133. The van der Waals surface area contributed by atoms with Crippen molar-refractivity contribution in [3.8, 4) is 5.75 Å². The molecule has 0 saturated heterocycles. The summed E-state index contributed by atoms with van der Waals surface area (Å²) in [7, 11) is 0. The first-order valence-electron chi connectivity index (χ1n) is 6.00. The Labute approximate surface area is 139 Å². The number of carbonyl (C=O) groups is 1. The highest BCUT2D eigenvalue weighted by Crippen LogP contribution is 2.20. The summed E-state index contributed by atoms with van der Waals surface area (Å²) in [6.07, 6.45) is 0. The van der Waals surface area contributed by atoms with E-state index in [0.29, 0.717) is 12.1 Å². The Morgan fingerprint density at radius 3 is 2.40 bits per heavy atom. The number of benzene rings is 2. The lowest BCUT2D eigenvalue weighted by Gasteiger charge is -2.07. The quantitative estimate of drug-likeness (QED) is 0.555. The predicted octanol–water partition coefficient (Wildman–Crippen LogP) is 3.82. The largest absolute Gasteiger partial charge is 0.507 e. The van der Waals surface area contributed by atoms with Crippen LogP contribution in [0.5, 0.6) is 5.75 Å². The molecule has 0 fully saturated rings. The van der Waals surface area contributed by atoms with E-state index in [0.717, 1.165) is 14.5 Å². The summed E-state index contributed by atoms with van der Waals surface area (Å²) in [6, 6.07) is 12.9. The third kappa shape index (κ3) is 3.96. The van der Waals surface area contributed by atoms with Crippen LogP contribution in [-0.2, 0) is 11.9 Å². The highest BCUT2D eigenvalue weighted by atomic mass is 127. The van der Waals surface area contributed by atoms with Gasteiger partial charge in [-0.25, -0.2) is 0 Å². The maximum atomic E-state index is 12.0. The molecule has 0 aromatic heterocycles. The van der Waals surface area contributed by atoms with Crippen LogP contribution >= 0.6 is 38.5 Å². The lowest BCUT2D eigenvalue weighted by molar-refractivity contribution is 0.0950. The van der Waals surface area contributed by atoms with Gasteiger partial charge in [0.15, 0.2) is 0 Å². The van der Waals surface area contributed by atoms with Crippen LogP contribution in [0.25, 0.3) is 0 Å². The molecule has 0 unspecified atom stereocenters. The van der Waals surface area contributed by atoms with Gasteiger partial charge >= 0.3 is 0 Å². The number of hydrogen-bond acceptors (Lipinski definition) is 2. The molecule has 20 heavy (non-hydrogen) atoms. The molecule has 0 aliphatic rings. The zero-order chi connectivity index (χ0) is 14.5. The number of phenolic OH excluding ortho intramolecular Hbond substituents is 1. The molecule has 0 spiro atoms. The van der Waals surface area contributed by atoms with Crippen molar-refractivity contribution in [3.63, 3.8) is 0 Å². The van der Waals surface area contributed by atoms with Gasteiger partial charge in [0.1, 0.15) is 5.75 Å². The molecule has 2 aromatic rings. The summed E-state index contributed by atoms with van der Waals surface area (Å²) in [5, 5.41) is 13.3. The number of alkyl halides is 1. The van der Waals surface area contributed by atoms with E-state index in [2.05, 4.69) is 21.2 Å². The van der Waals surface area contributed by atoms with Crippen molar-refractivity contribution in [2.24, 2.45) is 0 Å². The maximum absolute atomic E-state index is 12.0. The highest BCUT2D eigenvalue weighted by molar-refractivity contribution is 14.1. The van der Waals surface area contributed by atoms with Crippen LogP contribution < -0.4 is 5.32 Å². The van der Waals surface area contributed by atoms with E-state index in [4.69, 9.17) is 0 Å². The second-order valence-corrected chi connectivity index (χ2v) is 6.02. The number of hydrogen-bond donors (Lipinski definition) is 2. The van der Waals surface area contributed by atoms with Crippen LogP contribution in [0.15, 0.2) is 42.5 Å². The summed E-state index contributed by atoms with van der Waals surface area (Å²) in [5.41, 5.74) is 2.69. The molecule has 2 rings (SSSR count). The summed E-state index contributed by atoms with van der Waals surface area (Å²) in [6.45, 7) is 0.466. The van der Waals surface area contributed by atoms with E-state index < -0.39 is 0 Å². The number of phenols is 1. The van der Waals surface area contributed by atoms with Gasteiger partial charge in [0.05, 0.1) is 3.57 Å². The first-order valence-corrected chi connectivity index (χ1v) is 8.20. The maximum Gasteiger partial charge on any atom is 0.251 e. The molecule has 2 aromatic carbocycles. The van der Waals surface area contributed by atoms with Gasteiger partial charge in [-0.1, -0.05) is 40.2 Å². The van der Waals surface area contributed by atoms with Crippen molar-refractivity contribution in [3.05, 3.63) is 62.7 Å². The fourth-order valence-electron chi connectivity index (χ4n) is 1.68. The molecular weight excluding hydrogens is 433 g/mol. The highest BCUT2D eigenvalue weighted by Gasteiger charge is 2.07. The van der Waals surface area contributed by atoms with E-state index >= 15 is 0 Å². The first kappa shape index (κ1) is 15.3. The predicted molar refractivity (Wildman–Crippen MR) is 91.1 cm³/mol. The standard InChI is InChI=1S/C15H13BrINO2/c16-8-10-1-3-11(4-2-10)9-18-15(20)12-5-6-13(17)14(19)7-12/h1-7,19H,8-9H2,(H,18,20). The normalized spacial score (nSPS) is 10.3. The Morgan fingerprint density at radius 1 is 1.15 bits per heavy atom. The van der Waals surface area contributed by atoms with E-state index in [1.807, 2.05) is 46.9 Å². The first-order chi connectivity index (χ1) is 9.60. The third-order valence-electron chi connectivity index (χ3n) is 2.84. The molecule has 0 saturated carbocycles. The fourth-order valence-corrected chi connectivity index (χ4v) is 2.39. The zero-order valence-electron chi connectivity index (χ0n) is 10.6. The SMILES string of the molecule is O=C(NCc1ccc(CBr)cc1)c1ccc(I)c(O)c1. The number of carbonyl (C=O) groups excluding carboxylic acids is 1. The van der Waals surface area contributed by atoms with Gasteiger partial charge in [0.2, 0.25) is 0 Å². The van der Waals surface area contributed by atoms with Crippen LogP contribution in [0.2, 0.25) is 0 Å². The summed E-state index contributed by atoms with van der Waals surface area (Å²) >= 11 is 5.41. The van der Waals surface area contributed by atoms with Crippen LogP contribution in [0.4, 0.5) is 0 Å². The van der Waals surface area contributed by atoms with Crippen molar-refractivity contribution in [1.82, 2.24) is 5.32 Å². The number of halogens is 2. The average Bonchev–Trinajstić information content (AvgIpc) is 2.48. The summed E-state index contributed by atoms with van der Waals surface area (Å²) < 4.78 is 0.726. The lowest BCUT2D eigenvalue weighted by atomic mass is 10.1. The van der Waals surface area contributed by atoms with E-state index in [9.17, 15) is 9.90 Å². The van der Waals surface area contributed by atoms with Gasteiger partial charge in [-0.2, -0.15) is 0 Å². The van der Waals surface area contributed by atoms with Crippen LogP contribution in [-0.4, -0.2) is 11.0 Å². The zero-order valence-corrected chi connectivity index (χ0v) is 14.3. The Bertz CT molecular complexity index is 614.